The van der Waals surface area contributed by atoms with Gasteiger partial charge in [-0.25, -0.2) is 4.99 Å². The van der Waals surface area contributed by atoms with Gasteiger partial charge < -0.3 is 5.32 Å². The van der Waals surface area contributed by atoms with E-state index >= 15 is 0 Å². The maximum absolute atomic E-state index is 5.41. The van der Waals surface area contributed by atoms with Crippen molar-refractivity contribution in [3.8, 4) is 0 Å². The Kier molecular flexibility index (Phi) is 8.17. The molecule has 2 aromatic carbocycles. The molecule has 0 radical (unpaired) electrons. The van der Waals surface area contributed by atoms with E-state index in [0.717, 1.165) is 54.3 Å². The zero-order valence-electron chi connectivity index (χ0n) is 28.3. The molecular formula is C44H50N4. The van der Waals surface area contributed by atoms with Gasteiger partial charge >= 0.3 is 0 Å². The van der Waals surface area contributed by atoms with Crippen LogP contribution in [0.15, 0.2) is 129 Å². The van der Waals surface area contributed by atoms with E-state index in [4.69, 9.17) is 9.98 Å². The highest BCUT2D eigenvalue weighted by Crippen LogP contribution is 2.58. The molecular weight excluding hydrogens is 585 g/mol. The normalized spacial score (nSPS) is 37.1. The fourth-order valence-electron chi connectivity index (χ4n) is 10.8. The Labute approximate surface area is 287 Å². The summed E-state index contributed by atoms with van der Waals surface area (Å²) in [6, 6.07) is 21.8. The van der Waals surface area contributed by atoms with Crippen molar-refractivity contribution in [2.75, 3.05) is 0 Å². The van der Waals surface area contributed by atoms with Gasteiger partial charge in [0.2, 0.25) is 0 Å². The second-order valence-electron chi connectivity index (χ2n) is 15.6. The van der Waals surface area contributed by atoms with Gasteiger partial charge in [0.05, 0.1) is 6.04 Å². The monoisotopic (exact) mass is 634 g/mol. The Morgan fingerprint density at radius 1 is 0.792 bits per heavy atom. The van der Waals surface area contributed by atoms with Crippen LogP contribution in [0.5, 0.6) is 0 Å². The third-order valence-electron chi connectivity index (χ3n) is 13.1. The van der Waals surface area contributed by atoms with Crippen LogP contribution < -0.4 is 10.6 Å². The highest BCUT2D eigenvalue weighted by Gasteiger charge is 2.50. The third kappa shape index (κ3) is 5.50. The highest BCUT2D eigenvalue weighted by molar-refractivity contribution is 5.99. The molecule has 2 aliphatic heterocycles. The minimum absolute atomic E-state index is 0.0159. The Morgan fingerprint density at radius 3 is 2.50 bits per heavy atom. The summed E-state index contributed by atoms with van der Waals surface area (Å²) in [6.45, 7) is 2.57. The van der Waals surface area contributed by atoms with Crippen LogP contribution in [0.3, 0.4) is 0 Å². The lowest BCUT2D eigenvalue weighted by molar-refractivity contribution is -0.0191. The predicted octanol–water partition coefficient (Wildman–Crippen LogP) is 9.28. The molecule has 2 heterocycles. The number of aliphatic imine (C=N–C) groups is 2. The van der Waals surface area contributed by atoms with Crippen molar-refractivity contribution in [3.05, 3.63) is 131 Å². The van der Waals surface area contributed by atoms with Crippen LogP contribution in [0.2, 0.25) is 0 Å². The van der Waals surface area contributed by atoms with E-state index < -0.39 is 0 Å². The van der Waals surface area contributed by atoms with Gasteiger partial charge in [-0.2, -0.15) is 0 Å². The van der Waals surface area contributed by atoms with Crippen molar-refractivity contribution in [1.82, 2.24) is 10.6 Å². The van der Waals surface area contributed by atoms with E-state index in [9.17, 15) is 0 Å². The number of fused-ring (bicyclic) bond motifs is 4. The fraction of sp³-hybridized carbons (Fsp3) is 0.455. The molecule has 10 unspecified atom stereocenters. The molecule has 0 aromatic heterocycles. The number of nitrogens with zero attached hydrogens (tertiary/aromatic N) is 2. The lowest BCUT2D eigenvalue weighted by atomic mass is 9.50. The van der Waals surface area contributed by atoms with Crippen LogP contribution >= 0.6 is 0 Å². The molecule has 4 nitrogen and oxygen atoms in total. The van der Waals surface area contributed by atoms with E-state index in [-0.39, 0.29) is 12.3 Å². The molecule has 48 heavy (non-hydrogen) atoms. The zero-order chi connectivity index (χ0) is 32.0. The summed E-state index contributed by atoms with van der Waals surface area (Å²) >= 11 is 0. The Morgan fingerprint density at radius 2 is 1.62 bits per heavy atom. The molecule has 9 rings (SSSR count). The molecule has 5 aliphatic carbocycles. The van der Waals surface area contributed by atoms with E-state index in [1.165, 1.54) is 66.4 Å². The van der Waals surface area contributed by atoms with Crippen LogP contribution in [0.25, 0.3) is 0 Å². The summed E-state index contributed by atoms with van der Waals surface area (Å²) in [6.07, 6.45) is 28.6. The van der Waals surface area contributed by atoms with E-state index in [2.05, 4.69) is 121 Å². The first-order chi connectivity index (χ1) is 23.7. The van der Waals surface area contributed by atoms with Crippen molar-refractivity contribution in [2.45, 2.75) is 83.1 Å². The molecule has 7 aliphatic rings. The first-order valence-electron chi connectivity index (χ1n) is 18.9. The number of allylic oxidation sites excluding steroid dienone is 7. The van der Waals surface area contributed by atoms with Crippen LogP contribution in [-0.2, 0) is 0 Å². The standard InChI is InChI=1S/C44H50N4/c1-28-13-12-21-33-32-18-8-9-19-34(32)39(26-37(28)33)38-25-31(23-24-35(38)40-27-45-41-22-11-10-20-36(40)41)44-47-42(29-14-4-2-5-15-29)46-43(48-44)30-16-6-3-7-17-30/h2-7,9-10,14-17,19-20,23-24,27-28,32-34,37-39,41-42,44,47H,8,11-13,18,21-22,25-26H2,1H3,(H,46,48). The van der Waals surface area contributed by atoms with Gasteiger partial charge in [0, 0.05) is 17.4 Å². The first-order valence-corrected chi connectivity index (χ1v) is 18.9. The number of amidine groups is 1. The second kappa shape index (κ2) is 12.9. The summed E-state index contributed by atoms with van der Waals surface area (Å²) in [5.41, 5.74) is 8.19. The van der Waals surface area contributed by atoms with Crippen molar-refractivity contribution in [2.24, 2.45) is 51.4 Å². The molecule has 0 bridgehead atoms. The number of hydrogen-bond donors (Lipinski definition) is 2. The largest absolute Gasteiger partial charge is 0.350 e. The lowest BCUT2D eigenvalue weighted by Gasteiger charge is -2.54. The van der Waals surface area contributed by atoms with Crippen LogP contribution in [0, 0.1) is 41.4 Å². The van der Waals surface area contributed by atoms with Gasteiger partial charge in [0.15, 0.2) is 0 Å². The van der Waals surface area contributed by atoms with Gasteiger partial charge in [-0.15, -0.1) is 0 Å². The topological polar surface area (TPSA) is 48.8 Å². The van der Waals surface area contributed by atoms with Crippen LogP contribution in [0.4, 0.5) is 0 Å². The predicted molar refractivity (Wildman–Crippen MR) is 198 cm³/mol. The van der Waals surface area contributed by atoms with Crippen molar-refractivity contribution >= 4 is 12.1 Å². The molecule has 2 fully saturated rings. The SMILES string of the molecule is CC1CCCC2C1CC(C1CC(C3N=C(c4ccccc4)NC(c4ccccc4)N3)=CC=C1C1=C3C=CCCC3N=C1)C1C=CCCC12. The fourth-order valence-corrected chi connectivity index (χ4v) is 10.8. The molecule has 2 saturated carbocycles. The van der Waals surface area contributed by atoms with Gasteiger partial charge in [-0.1, -0.05) is 117 Å². The average molecular weight is 635 g/mol. The Balaban J connectivity index is 1.13. The zero-order valence-corrected chi connectivity index (χ0v) is 28.3. The second-order valence-corrected chi connectivity index (χ2v) is 15.6. The van der Waals surface area contributed by atoms with Gasteiger partial charge in [-0.05, 0) is 109 Å². The minimum Gasteiger partial charge on any atom is -0.350 e. The quantitative estimate of drug-likeness (QED) is 0.322. The summed E-state index contributed by atoms with van der Waals surface area (Å²) in [7, 11) is 0. The summed E-state index contributed by atoms with van der Waals surface area (Å²) in [4.78, 5) is 10.5. The van der Waals surface area contributed by atoms with E-state index in [1.54, 1.807) is 0 Å². The number of rotatable bonds is 5. The van der Waals surface area contributed by atoms with E-state index in [1.807, 2.05) is 0 Å². The van der Waals surface area contributed by atoms with Crippen LogP contribution in [0.1, 0.15) is 82.0 Å². The highest BCUT2D eigenvalue weighted by atomic mass is 15.3. The van der Waals surface area contributed by atoms with Crippen LogP contribution in [-0.4, -0.2) is 24.3 Å². The lowest BCUT2D eigenvalue weighted by Crippen LogP contribution is -2.50. The molecule has 0 spiro atoms. The summed E-state index contributed by atoms with van der Waals surface area (Å²) in [5.74, 6) is 6.16. The first kappa shape index (κ1) is 30.3. The minimum atomic E-state index is -0.0909. The Bertz CT molecular complexity index is 1730. The molecule has 10 atom stereocenters. The molecule has 0 saturated heterocycles. The molecule has 4 heteroatoms. The summed E-state index contributed by atoms with van der Waals surface area (Å²) < 4.78 is 0. The molecule has 246 valence electrons. The van der Waals surface area contributed by atoms with Gasteiger partial charge in [0.1, 0.15) is 18.2 Å². The molecule has 2 aromatic rings. The van der Waals surface area contributed by atoms with Crippen molar-refractivity contribution < 1.29 is 0 Å². The number of benzene rings is 2. The average Bonchev–Trinajstić information content (AvgIpc) is 3.59. The number of hydrogen-bond acceptors (Lipinski definition) is 4. The van der Waals surface area contributed by atoms with Crippen molar-refractivity contribution in [3.63, 3.8) is 0 Å². The number of nitrogens with one attached hydrogen (secondary N) is 2. The maximum atomic E-state index is 5.41. The maximum Gasteiger partial charge on any atom is 0.131 e. The summed E-state index contributed by atoms with van der Waals surface area (Å²) in [5, 5.41) is 7.68. The van der Waals surface area contributed by atoms with E-state index in [0.29, 0.717) is 23.8 Å². The molecule has 2 N–H and O–H groups in total. The van der Waals surface area contributed by atoms with Gasteiger partial charge in [0.25, 0.3) is 0 Å². The smallest absolute Gasteiger partial charge is 0.131 e. The molecule has 0 amide bonds. The third-order valence-corrected chi connectivity index (χ3v) is 13.1. The van der Waals surface area contributed by atoms with Gasteiger partial charge in [-0.3, -0.25) is 10.3 Å². The Hall–Kier alpha value is -3.76. The van der Waals surface area contributed by atoms with Crippen molar-refractivity contribution in [1.29, 1.82) is 0 Å².